The van der Waals surface area contributed by atoms with Crippen LogP contribution in [0.5, 0.6) is 0 Å². The molecule has 3 heterocycles. The SMILES string of the molecule is O=C1CCC(N2Cc3c(CNC[C@@H]4CNCCO4)cccc3C2=O)C(=O)N1. The first-order valence-electron chi connectivity index (χ1n) is 9.42. The van der Waals surface area contributed by atoms with E-state index in [9.17, 15) is 14.4 Å². The quantitative estimate of drug-likeness (QED) is 0.604. The minimum absolute atomic E-state index is 0.138. The largest absolute Gasteiger partial charge is 0.374 e. The third kappa shape index (κ3) is 3.73. The van der Waals surface area contributed by atoms with Crippen molar-refractivity contribution in [3.8, 4) is 0 Å². The molecule has 1 aromatic rings. The van der Waals surface area contributed by atoms with Crippen LogP contribution in [0, 0.1) is 0 Å². The van der Waals surface area contributed by atoms with Gasteiger partial charge in [0.1, 0.15) is 6.04 Å². The summed E-state index contributed by atoms with van der Waals surface area (Å²) in [5.74, 6) is -0.792. The Hall–Kier alpha value is -2.29. The van der Waals surface area contributed by atoms with E-state index in [0.717, 1.165) is 37.4 Å². The van der Waals surface area contributed by atoms with Crippen molar-refractivity contribution < 1.29 is 19.1 Å². The summed E-state index contributed by atoms with van der Waals surface area (Å²) >= 11 is 0. The Balaban J connectivity index is 1.42. The van der Waals surface area contributed by atoms with Gasteiger partial charge in [-0.3, -0.25) is 19.7 Å². The summed E-state index contributed by atoms with van der Waals surface area (Å²) in [6.07, 6.45) is 0.793. The summed E-state index contributed by atoms with van der Waals surface area (Å²) in [6.45, 7) is 4.23. The first kappa shape index (κ1) is 18.1. The van der Waals surface area contributed by atoms with Crippen LogP contribution in [0.25, 0.3) is 0 Å². The summed E-state index contributed by atoms with van der Waals surface area (Å²) in [5, 5.41) is 9.04. The van der Waals surface area contributed by atoms with E-state index in [1.165, 1.54) is 0 Å². The van der Waals surface area contributed by atoms with Crippen molar-refractivity contribution in [1.29, 1.82) is 0 Å². The van der Waals surface area contributed by atoms with E-state index in [-0.39, 0.29) is 30.2 Å². The molecular weight excluding hydrogens is 348 g/mol. The molecule has 4 rings (SSSR count). The Kier molecular flexibility index (Phi) is 5.20. The third-order valence-corrected chi connectivity index (χ3v) is 5.37. The van der Waals surface area contributed by atoms with Crippen LogP contribution in [0.15, 0.2) is 18.2 Å². The van der Waals surface area contributed by atoms with Crippen LogP contribution < -0.4 is 16.0 Å². The summed E-state index contributed by atoms with van der Waals surface area (Å²) in [4.78, 5) is 37.9. The number of nitrogens with one attached hydrogen (secondary N) is 3. The van der Waals surface area contributed by atoms with Crippen LogP contribution >= 0.6 is 0 Å². The molecule has 0 aromatic heterocycles. The van der Waals surface area contributed by atoms with Crippen molar-refractivity contribution in [2.75, 3.05) is 26.2 Å². The fourth-order valence-electron chi connectivity index (χ4n) is 3.93. The van der Waals surface area contributed by atoms with Crippen molar-refractivity contribution in [1.82, 2.24) is 20.9 Å². The second-order valence-electron chi connectivity index (χ2n) is 7.17. The molecule has 27 heavy (non-hydrogen) atoms. The first-order valence-corrected chi connectivity index (χ1v) is 9.42. The van der Waals surface area contributed by atoms with Gasteiger partial charge in [-0.2, -0.15) is 0 Å². The molecule has 144 valence electrons. The van der Waals surface area contributed by atoms with Crippen molar-refractivity contribution in [3.05, 3.63) is 34.9 Å². The number of fused-ring (bicyclic) bond motifs is 1. The number of nitrogens with zero attached hydrogens (tertiary/aromatic N) is 1. The molecule has 2 fully saturated rings. The minimum Gasteiger partial charge on any atom is -0.374 e. The van der Waals surface area contributed by atoms with Gasteiger partial charge in [0.05, 0.1) is 12.7 Å². The zero-order valence-electron chi connectivity index (χ0n) is 15.1. The molecule has 0 bridgehead atoms. The highest BCUT2D eigenvalue weighted by atomic mass is 16.5. The Morgan fingerprint density at radius 3 is 2.93 bits per heavy atom. The normalized spacial score (nSPS) is 25.5. The summed E-state index contributed by atoms with van der Waals surface area (Å²) in [7, 11) is 0. The zero-order valence-corrected chi connectivity index (χ0v) is 15.1. The molecule has 0 aliphatic carbocycles. The molecular formula is C19H24N4O4. The summed E-state index contributed by atoms with van der Waals surface area (Å²) < 4.78 is 5.68. The number of morpholine rings is 1. The van der Waals surface area contributed by atoms with Gasteiger partial charge >= 0.3 is 0 Å². The molecule has 3 N–H and O–H groups in total. The Bertz CT molecular complexity index is 760. The summed E-state index contributed by atoms with van der Waals surface area (Å²) in [5.41, 5.74) is 2.66. The lowest BCUT2D eigenvalue weighted by molar-refractivity contribution is -0.136. The second kappa shape index (κ2) is 7.75. The molecule has 0 radical (unpaired) electrons. The predicted molar refractivity (Wildman–Crippen MR) is 96.8 cm³/mol. The van der Waals surface area contributed by atoms with Crippen LogP contribution in [-0.2, 0) is 27.4 Å². The van der Waals surface area contributed by atoms with E-state index in [2.05, 4.69) is 16.0 Å². The number of imide groups is 1. The van der Waals surface area contributed by atoms with Gasteiger partial charge in [0.25, 0.3) is 5.91 Å². The monoisotopic (exact) mass is 372 g/mol. The molecule has 8 heteroatoms. The van der Waals surface area contributed by atoms with Gasteiger partial charge in [0.15, 0.2) is 0 Å². The smallest absolute Gasteiger partial charge is 0.255 e. The summed E-state index contributed by atoms with van der Waals surface area (Å²) in [6, 6.07) is 5.11. The van der Waals surface area contributed by atoms with Crippen molar-refractivity contribution in [2.24, 2.45) is 0 Å². The van der Waals surface area contributed by atoms with Gasteiger partial charge in [0, 0.05) is 44.7 Å². The number of piperidine rings is 1. The molecule has 0 spiro atoms. The van der Waals surface area contributed by atoms with Gasteiger partial charge in [-0.15, -0.1) is 0 Å². The lowest BCUT2D eigenvalue weighted by Crippen LogP contribution is -2.52. The lowest BCUT2D eigenvalue weighted by atomic mass is 10.0. The van der Waals surface area contributed by atoms with E-state index in [4.69, 9.17) is 4.74 Å². The van der Waals surface area contributed by atoms with Gasteiger partial charge in [0.2, 0.25) is 11.8 Å². The number of hydrogen-bond acceptors (Lipinski definition) is 6. The van der Waals surface area contributed by atoms with E-state index in [1.54, 1.807) is 11.0 Å². The third-order valence-electron chi connectivity index (χ3n) is 5.37. The van der Waals surface area contributed by atoms with Gasteiger partial charge in [-0.05, 0) is 23.6 Å². The molecule has 8 nitrogen and oxygen atoms in total. The highest BCUT2D eigenvalue weighted by molar-refractivity contribution is 6.05. The fraction of sp³-hybridized carbons (Fsp3) is 0.526. The van der Waals surface area contributed by atoms with E-state index < -0.39 is 6.04 Å². The van der Waals surface area contributed by atoms with Crippen LogP contribution in [0.1, 0.15) is 34.3 Å². The lowest BCUT2D eigenvalue weighted by Gasteiger charge is -2.29. The molecule has 0 saturated carbocycles. The maximum atomic E-state index is 12.8. The number of benzene rings is 1. The van der Waals surface area contributed by atoms with Gasteiger partial charge in [-0.25, -0.2) is 0 Å². The number of hydrogen-bond donors (Lipinski definition) is 3. The van der Waals surface area contributed by atoms with Crippen LogP contribution in [-0.4, -0.2) is 61.0 Å². The number of rotatable bonds is 5. The molecule has 3 aliphatic heterocycles. The zero-order chi connectivity index (χ0) is 18.8. The number of carbonyl (C=O) groups excluding carboxylic acids is 3. The molecule has 3 amide bonds. The van der Waals surface area contributed by atoms with Crippen molar-refractivity contribution >= 4 is 17.7 Å². The topological polar surface area (TPSA) is 99.8 Å². The Morgan fingerprint density at radius 1 is 1.26 bits per heavy atom. The maximum absolute atomic E-state index is 12.8. The Morgan fingerprint density at radius 2 is 2.15 bits per heavy atom. The molecule has 2 saturated heterocycles. The van der Waals surface area contributed by atoms with Crippen molar-refractivity contribution in [3.63, 3.8) is 0 Å². The Labute approximate surface area is 157 Å². The minimum atomic E-state index is -0.579. The van der Waals surface area contributed by atoms with Crippen LogP contribution in [0.2, 0.25) is 0 Å². The molecule has 2 atom stereocenters. The van der Waals surface area contributed by atoms with Gasteiger partial charge < -0.3 is 20.3 Å². The predicted octanol–water partition coefficient (Wildman–Crippen LogP) is -0.474. The standard InChI is InChI=1S/C19H24N4O4/c24-17-5-4-16(18(25)22-17)23-11-15-12(2-1-3-14(15)19(23)26)8-21-10-13-9-20-6-7-27-13/h1-3,13,16,20-21H,4-11H2,(H,22,24,25)/t13-,16?/m0/s1. The first-order chi connectivity index (χ1) is 13.1. The van der Waals surface area contributed by atoms with Crippen molar-refractivity contribution in [2.45, 2.75) is 38.1 Å². The number of ether oxygens (including phenoxy) is 1. The highest BCUT2D eigenvalue weighted by Crippen LogP contribution is 2.29. The average Bonchev–Trinajstić information content (AvgIpc) is 3.00. The fourth-order valence-corrected chi connectivity index (χ4v) is 3.93. The highest BCUT2D eigenvalue weighted by Gasteiger charge is 2.39. The van der Waals surface area contributed by atoms with E-state index in [1.807, 2.05) is 12.1 Å². The van der Waals surface area contributed by atoms with Crippen LogP contribution in [0.3, 0.4) is 0 Å². The number of amides is 3. The molecule has 1 aromatic carbocycles. The van der Waals surface area contributed by atoms with E-state index in [0.29, 0.717) is 25.1 Å². The molecule has 1 unspecified atom stereocenters. The van der Waals surface area contributed by atoms with Crippen LogP contribution in [0.4, 0.5) is 0 Å². The number of carbonyl (C=O) groups is 3. The molecule has 3 aliphatic rings. The van der Waals surface area contributed by atoms with Gasteiger partial charge in [-0.1, -0.05) is 12.1 Å². The second-order valence-corrected chi connectivity index (χ2v) is 7.17. The maximum Gasteiger partial charge on any atom is 0.255 e. The average molecular weight is 372 g/mol. The van der Waals surface area contributed by atoms with E-state index >= 15 is 0 Å².